The zero-order valence-electron chi connectivity index (χ0n) is 15.8. The van der Waals surface area contributed by atoms with Crippen LogP contribution < -0.4 is 5.32 Å². The van der Waals surface area contributed by atoms with Crippen LogP contribution in [0.4, 0.5) is 0 Å². The molecule has 2 aromatic rings. The minimum absolute atomic E-state index is 0.0762. The molecule has 1 aliphatic carbocycles. The number of ether oxygens (including phenoxy) is 2. The summed E-state index contributed by atoms with van der Waals surface area (Å²) < 4.78 is 10.9. The number of carbonyl (C=O) groups is 2. The molecule has 0 saturated heterocycles. The molecule has 1 N–H and O–H groups in total. The third-order valence-corrected chi connectivity index (χ3v) is 4.98. The summed E-state index contributed by atoms with van der Waals surface area (Å²) in [5.41, 5.74) is 4.58. The summed E-state index contributed by atoms with van der Waals surface area (Å²) in [6.45, 7) is 3.82. The molecule has 5 nitrogen and oxygen atoms in total. The zero-order chi connectivity index (χ0) is 19.4. The van der Waals surface area contributed by atoms with Gasteiger partial charge in [-0.25, -0.2) is 0 Å². The summed E-state index contributed by atoms with van der Waals surface area (Å²) >= 11 is 0. The molecule has 0 aromatic heterocycles. The standard InChI is InChI=1S/C22H25NO4/c1-14(2)27-22(23-13-24)19(12-20(25)26-3)21-17-10-6-4-8-15(17)16-9-5-7-11-18(16)21/h4-11,13-14,19,21-22H,12H2,1-3H3,(H,23,24)/t19-,22?/m0/s1. The molecule has 0 saturated carbocycles. The number of rotatable bonds is 8. The zero-order valence-corrected chi connectivity index (χ0v) is 15.8. The Hall–Kier alpha value is -2.66. The monoisotopic (exact) mass is 367 g/mol. The Labute approximate surface area is 159 Å². The maximum absolute atomic E-state index is 12.2. The van der Waals surface area contributed by atoms with Gasteiger partial charge in [0.1, 0.15) is 6.23 Å². The van der Waals surface area contributed by atoms with Gasteiger partial charge in [0.15, 0.2) is 0 Å². The molecule has 0 fully saturated rings. The SMILES string of the molecule is COC(=O)C[C@H](C(NC=O)OC(C)C)C1c2ccccc2-c2ccccc21. The second-order valence-electron chi connectivity index (χ2n) is 6.99. The van der Waals surface area contributed by atoms with Crippen molar-refractivity contribution in [3.8, 4) is 11.1 Å². The predicted molar refractivity (Wildman–Crippen MR) is 103 cm³/mol. The van der Waals surface area contributed by atoms with Gasteiger partial charge in [0.05, 0.1) is 19.6 Å². The maximum atomic E-state index is 12.2. The smallest absolute Gasteiger partial charge is 0.305 e. The van der Waals surface area contributed by atoms with E-state index >= 15 is 0 Å². The van der Waals surface area contributed by atoms with Crippen LogP contribution in [-0.4, -0.2) is 31.8 Å². The first-order valence-corrected chi connectivity index (χ1v) is 9.17. The van der Waals surface area contributed by atoms with E-state index in [0.29, 0.717) is 6.41 Å². The van der Waals surface area contributed by atoms with E-state index in [1.807, 2.05) is 38.1 Å². The van der Waals surface area contributed by atoms with E-state index in [1.54, 1.807) is 0 Å². The van der Waals surface area contributed by atoms with Gasteiger partial charge < -0.3 is 14.8 Å². The molecule has 0 spiro atoms. The van der Waals surface area contributed by atoms with Crippen molar-refractivity contribution in [2.75, 3.05) is 7.11 Å². The van der Waals surface area contributed by atoms with Crippen LogP contribution in [0, 0.1) is 5.92 Å². The minimum Gasteiger partial charge on any atom is -0.469 e. The number of hydrogen-bond donors (Lipinski definition) is 1. The molecule has 0 aliphatic heterocycles. The Morgan fingerprint density at radius 2 is 1.63 bits per heavy atom. The van der Waals surface area contributed by atoms with Crippen LogP contribution in [0.2, 0.25) is 0 Å². The summed E-state index contributed by atoms with van der Waals surface area (Å²) in [6, 6.07) is 16.4. The molecule has 1 aliphatic rings. The molecule has 0 heterocycles. The lowest BCUT2D eigenvalue weighted by atomic mass is 9.81. The van der Waals surface area contributed by atoms with E-state index in [-0.39, 0.29) is 30.3 Å². The van der Waals surface area contributed by atoms with E-state index in [1.165, 1.54) is 7.11 Å². The van der Waals surface area contributed by atoms with Crippen LogP contribution in [0.25, 0.3) is 11.1 Å². The molecular weight excluding hydrogens is 342 g/mol. The van der Waals surface area contributed by atoms with Crippen molar-refractivity contribution in [2.24, 2.45) is 5.92 Å². The lowest BCUT2D eigenvalue weighted by Crippen LogP contribution is -2.43. The molecule has 2 atom stereocenters. The van der Waals surface area contributed by atoms with Gasteiger partial charge in [-0.3, -0.25) is 9.59 Å². The second-order valence-corrected chi connectivity index (χ2v) is 6.99. The van der Waals surface area contributed by atoms with E-state index in [9.17, 15) is 9.59 Å². The highest BCUT2D eigenvalue weighted by Gasteiger charge is 2.40. The van der Waals surface area contributed by atoms with Gasteiger partial charge in [-0.15, -0.1) is 0 Å². The molecule has 5 heteroatoms. The molecule has 2 aromatic carbocycles. The largest absolute Gasteiger partial charge is 0.469 e. The third-order valence-electron chi connectivity index (χ3n) is 4.98. The Bertz CT molecular complexity index is 772. The normalized spacial score (nSPS) is 15.0. The Morgan fingerprint density at radius 3 is 2.11 bits per heavy atom. The van der Waals surface area contributed by atoms with E-state index in [4.69, 9.17) is 9.47 Å². The average molecular weight is 367 g/mol. The van der Waals surface area contributed by atoms with Gasteiger partial charge in [-0.1, -0.05) is 48.5 Å². The minimum atomic E-state index is -0.606. The van der Waals surface area contributed by atoms with Gasteiger partial charge in [0.2, 0.25) is 6.41 Å². The number of esters is 1. The van der Waals surface area contributed by atoms with Gasteiger partial charge in [-0.05, 0) is 36.1 Å². The summed E-state index contributed by atoms with van der Waals surface area (Å²) in [5.74, 6) is -0.700. The van der Waals surface area contributed by atoms with Crippen molar-refractivity contribution < 1.29 is 19.1 Å². The Morgan fingerprint density at radius 1 is 1.07 bits per heavy atom. The van der Waals surface area contributed by atoms with E-state index in [0.717, 1.165) is 22.3 Å². The summed E-state index contributed by atoms with van der Waals surface area (Å²) in [7, 11) is 1.38. The number of methoxy groups -OCH3 is 1. The first-order chi connectivity index (χ1) is 13.1. The molecule has 27 heavy (non-hydrogen) atoms. The second kappa shape index (κ2) is 8.35. The number of hydrogen-bond acceptors (Lipinski definition) is 4. The van der Waals surface area contributed by atoms with Crippen LogP contribution in [0.5, 0.6) is 0 Å². The van der Waals surface area contributed by atoms with Crippen molar-refractivity contribution >= 4 is 12.4 Å². The summed E-state index contributed by atoms with van der Waals surface area (Å²) in [6.07, 6.45) is 0.0619. The molecular formula is C22H25NO4. The van der Waals surface area contributed by atoms with Crippen LogP contribution >= 0.6 is 0 Å². The van der Waals surface area contributed by atoms with Crippen molar-refractivity contribution in [3.05, 3.63) is 59.7 Å². The van der Waals surface area contributed by atoms with Gasteiger partial charge in [0.25, 0.3) is 0 Å². The number of nitrogens with one attached hydrogen (secondary N) is 1. The molecule has 1 amide bonds. The number of amides is 1. The third kappa shape index (κ3) is 3.88. The molecule has 0 radical (unpaired) electrons. The van der Waals surface area contributed by atoms with Crippen LogP contribution in [-0.2, 0) is 19.1 Å². The van der Waals surface area contributed by atoms with Crippen molar-refractivity contribution in [2.45, 2.75) is 38.5 Å². The van der Waals surface area contributed by atoms with Crippen molar-refractivity contribution in [1.82, 2.24) is 5.32 Å². The first-order valence-electron chi connectivity index (χ1n) is 9.17. The highest BCUT2D eigenvalue weighted by Crippen LogP contribution is 2.49. The Kier molecular flexibility index (Phi) is 5.91. The molecule has 0 bridgehead atoms. The van der Waals surface area contributed by atoms with Crippen LogP contribution in [0.15, 0.2) is 48.5 Å². The Balaban J connectivity index is 2.10. The fourth-order valence-electron chi connectivity index (χ4n) is 3.96. The number of fused-ring (bicyclic) bond motifs is 3. The lowest BCUT2D eigenvalue weighted by molar-refractivity contribution is -0.145. The first kappa shape index (κ1) is 19.1. The number of carbonyl (C=O) groups excluding carboxylic acids is 2. The highest BCUT2D eigenvalue weighted by atomic mass is 16.5. The lowest BCUT2D eigenvalue weighted by Gasteiger charge is -2.33. The molecule has 3 rings (SSSR count). The van der Waals surface area contributed by atoms with Crippen LogP contribution in [0.1, 0.15) is 37.3 Å². The van der Waals surface area contributed by atoms with Gasteiger partial charge >= 0.3 is 5.97 Å². The summed E-state index contributed by atoms with van der Waals surface area (Å²) in [5, 5.41) is 2.77. The summed E-state index contributed by atoms with van der Waals surface area (Å²) in [4.78, 5) is 23.5. The van der Waals surface area contributed by atoms with E-state index in [2.05, 4.69) is 29.6 Å². The van der Waals surface area contributed by atoms with Crippen molar-refractivity contribution in [1.29, 1.82) is 0 Å². The predicted octanol–water partition coefficient (Wildman–Crippen LogP) is 3.48. The van der Waals surface area contributed by atoms with Gasteiger partial charge in [0, 0.05) is 11.8 Å². The average Bonchev–Trinajstić information content (AvgIpc) is 3.00. The van der Waals surface area contributed by atoms with Crippen LogP contribution in [0.3, 0.4) is 0 Å². The van der Waals surface area contributed by atoms with E-state index < -0.39 is 6.23 Å². The topological polar surface area (TPSA) is 64.6 Å². The fourth-order valence-corrected chi connectivity index (χ4v) is 3.96. The molecule has 1 unspecified atom stereocenters. The number of benzene rings is 2. The quantitative estimate of drug-likeness (QED) is 0.441. The van der Waals surface area contributed by atoms with Gasteiger partial charge in [-0.2, -0.15) is 0 Å². The fraction of sp³-hybridized carbons (Fsp3) is 0.364. The highest BCUT2D eigenvalue weighted by molar-refractivity contribution is 5.79. The maximum Gasteiger partial charge on any atom is 0.305 e. The molecule has 142 valence electrons. The van der Waals surface area contributed by atoms with Crippen molar-refractivity contribution in [3.63, 3.8) is 0 Å².